The molecule has 1 atom stereocenters. The van der Waals surface area contributed by atoms with Gasteiger partial charge in [-0.3, -0.25) is 4.79 Å². The predicted octanol–water partition coefficient (Wildman–Crippen LogP) is 4.06. The molecular formula is C10H8Cl4O2. The molecule has 0 spiro atoms. The number of carbonyl (C=O) groups is 1. The van der Waals surface area contributed by atoms with E-state index < -0.39 is 12.1 Å². The maximum Gasteiger partial charge on any atom is 0.321 e. The Kier molecular flexibility index (Phi) is 5.70. The Balaban J connectivity index is 2.90. The zero-order chi connectivity index (χ0) is 12.1. The zero-order valence-corrected chi connectivity index (χ0v) is 11.1. The Labute approximate surface area is 113 Å². The molecule has 0 bridgehead atoms. The second kappa shape index (κ2) is 6.55. The molecule has 0 fully saturated rings. The molecule has 2 nitrogen and oxygen atoms in total. The van der Waals surface area contributed by atoms with Crippen molar-refractivity contribution in [3.63, 3.8) is 0 Å². The van der Waals surface area contributed by atoms with Crippen molar-refractivity contribution in [2.75, 3.05) is 11.8 Å². The topological polar surface area (TPSA) is 26.3 Å². The molecule has 0 radical (unpaired) electrons. The van der Waals surface area contributed by atoms with Crippen molar-refractivity contribution in [1.82, 2.24) is 0 Å². The number of ether oxygens (including phenoxy) is 1. The Morgan fingerprint density at radius 3 is 2.50 bits per heavy atom. The number of alkyl halides is 2. The molecule has 16 heavy (non-hydrogen) atoms. The molecule has 0 saturated carbocycles. The van der Waals surface area contributed by atoms with E-state index in [2.05, 4.69) is 0 Å². The molecule has 0 amide bonds. The van der Waals surface area contributed by atoms with Crippen molar-refractivity contribution in [1.29, 1.82) is 0 Å². The summed E-state index contributed by atoms with van der Waals surface area (Å²) >= 11 is 22.8. The van der Waals surface area contributed by atoms with E-state index in [1.165, 1.54) is 0 Å². The van der Waals surface area contributed by atoms with Crippen molar-refractivity contribution >= 4 is 52.4 Å². The molecule has 0 aliphatic rings. The summed E-state index contributed by atoms with van der Waals surface area (Å²) in [5, 5.41) is 0.909. The Morgan fingerprint density at radius 2 is 2.00 bits per heavy atom. The number of hydrogen-bond donors (Lipinski definition) is 0. The highest BCUT2D eigenvalue weighted by atomic mass is 35.5. The maximum atomic E-state index is 11.1. The van der Waals surface area contributed by atoms with Crippen LogP contribution < -0.4 is 0 Å². The fraction of sp³-hybridized carbons (Fsp3) is 0.300. The van der Waals surface area contributed by atoms with Crippen LogP contribution in [0.15, 0.2) is 18.2 Å². The average Bonchev–Trinajstić information content (AvgIpc) is 2.26. The highest BCUT2D eigenvalue weighted by Crippen LogP contribution is 2.29. The molecule has 88 valence electrons. The molecule has 1 aromatic rings. The number of halogens is 4. The van der Waals surface area contributed by atoms with Gasteiger partial charge in [0, 0.05) is 15.6 Å². The van der Waals surface area contributed by atoms with E-state index in [4.69, 9.17) is 51.1 Å². The van der Waals surface area contributed by atoms with E-state index in [9.17, 15) is 4.79 Å². The van der Waals surface area contributed by atoms with Crippen molar-refractivity contribution in [3.05, 3.63) is 33.8 Å². The summed E-state index contributed by atoms with van der Waals surface area (Å²) in [4.78, 5) is 11.1. The normalized spacial score (nSPS) is 12.2. The molecular weight excluding hydrogens is 294 g/mol. The van der Waals surface area contributed by atoms with Gasteiger partial charge >= 0.3 is 5.97 Å². The van der Waals surface area contributed by atoms with Gasteiger partial charge in [-0.1, -0.05) is 29.3 Å². The fourth-order valence-electron chi connectivity index (χ4n) is 1.13. The van der Waals surface area contributed by atoms with Crippen LogP contribution in [0.2, 0.25) is 10.0 Å². The number of esters is 1. The van der Waals surface area contributed by atoms with Gasteiger partial charge in [0.25, 0.3) is 0 Å². The third-order valence-corrected chi connectivity index (χ3v) is 2.89. The minimum atomic E-state index is -0.613. The number of hydrogen-bond acceptors (Lipinski definition) is 2. The first-order valence-electron chi connectivity index (χ1n) is 4.34. The van der Waals surface area contributed by atoms with Crippen molar-refractivity contribution < 1.29 is 9.53 Å². The van der Waals surface area contributed by atoms with Crippen LogP contribution in [0.3, 0.4) is 0 Å². The highest BCUT2D eigenvalue weighted by Gasteiger charge is 2.18. The summed E-state index contributed by atoms with van der Waals surface area (Å²) < 4.78 is 5.03. The van der Waals surface area contributed by atoms with Gasteiger partial charge in [-0.05, 0) is 12.1 Å². The quantitative estimate of drug-likeness (QED) is 0.619. The fourth-order valence-corrected chi connectivity index (χ4v) is 1.95. The number of benzene rings is 1. The van der Waals surface area contributed by atoms with E-state index in [-0.39, 0.29) is 11.8 Å². The summed E-state index contributed by atoms with van der Waals surface area (Å²) in [6.45, 7) is 0. The molecule has 1 aromatic carbocycles. The standard InChI is InChI=1S/C10H8Cl4O2/c11-4-9(16-10(15)5-12)7-2-1-6(13)3-8(7)14/h1-3,9H,4-5H2/t9-/m1/s1. The van der Waals surface area contributed by atoms with Crippen molar-refractivity contribution in [3.8, 4) is 0 Å². The summed E-state index contributed by atoms with van der Waals surface area (Å²) in [5.41, 5.74) is 0.611. The SMILES string of the molecule is O=C(CCl)O[C@H](CCl)c1ccc(Cl)cc1Cl. The summed E-state index contributed by atoms with van der Waals surface area (Å²) in [5.74, 6) is -0.666. The van der Waals surface area contributed by atoms with Crippen LogP contribution in [0.25, 0.3) is 0 Å². The third kappa shape index (κ3) is 3.70. The van der Waals surface area contributed by atoms with Gasteiger partial charge in [-0.15, -0.1) is 23.2 Å². The average molecular weight is 302 g/mol. The van der Waals surface area contributed by atoms with Crippen LogP contribution >= 0.6 is 46.4 Å². The molecule has 0 aliphatic carbocycles. The van der Waals surface area contributed by atoms with E-state index in [0.29, 0.717) is 15.6 Å². The van der Waals surface area contributed by atoms with E-state index >= 15 is 0 Å². The maximum absolute atomic E-state index is 11.1. The van der Waals surface area contributed by atoms with Crippen molar-refractivity contribution in [2.24, 2.45) is 0 Å². The van der Waals surface area contributed by atoms with E-state index in [1.54, 1.807) is 18.2 Å². The summed E-state index contributed by atoms with van der Waals surface area (Å²) in [6.07, 6.45) is -0.613. The summed E-state index contributed by atoms with van der Waals surface area (Å²) in [7, 11) is 0. The molecule has 1 rings (SSSR count). The second-order valence-corrected chi connectivity index (χ2v) is 4.35. The molecule has 0 aromatic heterocycles. The lowest BCUT2D eigenvalue weighted by Gasteiger charge is -2.16. The monoisotopic (exact) mass is 300 g/mol. The first-order valence-corrected chi connectivity index (χ1v) is 6.17. The molecule has 0 heterocycles. The molecule has 0 unspecified atom stereocenters. The van der Waals surface area contributed by atoms with Gasteiger partial charge in [0.2, 0.25) is 0 Å². The zero-order valence-electron chi connectivity index (χ0n) is 8.05. The number of rotatable bonds is 4. The van der Waals surface area contributed by atoms with Crippen LogP contribution in [-0.4, -0.2) is 17.7 Å². The lowest BCUT2D eigenvalue weighted by molar-refractivity contribution is -0.145. The minimum Gasteiger partial charge on any atom is -0.455 e. The predicted molar refractivity (Wildman–Crippen MR) is 66.7 cm³/mol. The lowest BCUT2D eigenvalue weighted by Crippen LogP contribution is -2.14. The van der Waals surface area contributed by atoms with Gasteiger partial charge in [0.05, 0.1) is 5.88 Å². The Morgan fingerprint density at radius 1 is 1.31 bits per heavy atom. The lowest BCUT2D eigenvalue weighted by atomic mass is 10.1. The van der Waals surface area contributed by atoms with Crippen LogP contribution in [0.1, 0.15) is 11.7 Å². The van der Waals surface area contributed by atoms with Crippen LogP contribution in [0.4, 0.5) is 0 Å². The summed E-state index contributed by atoms with van der Waals surface area (Å²) in [6, 6.07) is 4.88. The molecule has 0 N–H and O–H groups in total. The Bertz CT molecular complexity index is 381. The van der Waals surface area contributed by atoms with Gasteiger partial charge in [-0.2, -0.15) is 0 Å². The van der Waals surface area contributed by atoms with Gasteiger partial charge in [0.15, 0.2) is 0 Å². The van der Waals surface area contributed by atoms with Crippen LogP contribution in [0, 0.1) is 0 Å². The Hall–Kier alpha value is -0.150. The number of carbonyl (C=O) groups excluding carboxylic acids is 1. The first kappa shape index (κ1) is 13.9. The molecule has 0 saturated heterocycles. The smallest absolute Gasteiger partial charge is 0.321 e. The van der Waals surface area contributed by atoms with Crippen LogP contribution in [0.5, 0.6) is 0 Å². The molecule has 0 aliphatic heterocycles. The minimum absolute atomic E-state index is 0.101. The van der Waals surface area contributed by atoms with Gasteiger partial charge in [0.1, 0.15) is 12.0 Å². The van der Waals surface area contributed by atoms with Crippen LogP contribution in [-0.2, 0) is 9.53 Å². The second-order valence-electron chi connectivity index (χ2n) is 2.93. The highest BCUT2D eigenvalue weighted by molar-refractivity contribution is 6.35. The van der Waals surface area contributed by atoms with Gasteiger partial charge < -0.3 is 4.74 Å². The first-order chi connectivity index (χ1) is 7.58. The molecule has 6 heteroatoms. The largest absolute Gasteiger partial charge is 0.455 e. The third-order valence-electron chi connectivity index (χ3n) is 1.83. The van der Waals surface area contributed by atoms with Gasteiger partial charge in [-0.25, -0.2) is 0 Å². The van der Waals surface area contributed by atoms with E-state index in [1.807, 2.05) is 0 Å². The van der Waals surface area contributed by atoms with Crippen molar-refractivity contribution in [2.45, 2.75) is 6.10 Å². The van der Waals surface area contributed by atoms with E-state index in [0.717, 1.165) is 0 Å².